The summed E-state index contributed by atoms with van der Waals surface area (Å²) in [7, 11) is 1.63. The maximum atomic E-state index is 13.3. The predicted octanol–water partition coefficient (Wildman–Crippen LogP) is 4.92. The molecule has 1 unspecified atom stereocenters. The molecule has 0 radical (unpaired) electrons. The van der Waals surface area contributed by atoms with Crippen LogP contribution >= 0.6 is 12.2 Å². The van der Waals surface area contributed by atoms with Crippen molar-refractivity contribution in [3.63, 3.8) is 0 Å². The molecular weight excluding hydrogens is 398 g/mol. The molecule has 2 aromatic rings. The van der Waals surface area contributed by atoms with Crippen molar-refractivity contribution in [2.75, 3.05) is 20.3 Å². The fraction of sp³-hybridized carbons (Fsp3) is 0.609. The summed E-state index contributed by atoms with van der Waals surface area (Å²) in [4.78, 5) is 31.3. The summed E-state index contributed by atoms with van der Waals surface area (Å²) in [6.45, 7) is 8.23. The van der Waals surface area contributed by atoms with E-state index in [1.807, 2.05) is 4.90 Å². The van der Waals surface area contributed by atoms with Gasteiger partial charge in [0.2, 0.25) is 0 Å². The molecule has 1 atom stereocenters. The molecule has 0 spiro atoms. The van der Waals surface area contributed by atoms with E-state index in [0.717, 1.165) is 38.6 Å². The minimum atomic E-state index is -0.136. The first-order valence-corrected chi connectivity index (χ1v) is 11.4. The van der Waals surface area contributed by atoms with Gasteiger partial charge >= 0.3 is 0 Å². The zero-order valence-corrected chi connectivity index (χ0v) is 19.5. The monoisotopic (exact) mass is 433 g/mol. The summed E-state index contributed by atoms with van der Waals surface area (Å²) < 4.78 is 6.99. The maximum Gasteiger partial charge on any atom is 0.262 e. The second-order valence-corrected chi connectivity index (χ2v) is 8.22. The Morgan fingerprint density at radius 1 is 1.23 bits per heavy atom. The lowest BCUT2D eigenvalue weighted by molar-refractivity contribution is 0.0680. The molecule has 30 heavy (non-hydrogen) atoms. The molecule has 0 fully saturated rings. The van der Waals surface area contributed by atoms with Crippen LogP contribution in [0.4, 0.5) is 0 Å². The van der Waals surface area contributed by atoms with Crippen LogP contribution in [-0.4, -0.2) is 46.7 Å². The average molecular weight is 434 g/mol. The molecule has 1 amide bonds. The van der Waals surface area contributed by atoms with Gasteiger partial charge in [-0.2, -0.15) is 0 Å². The highest BCUT2D eigenvalue weighted by Gasteiger charge is 2.21. The summed E-state index contributed by atoms with van der Waals surface area (Å²) in [5.74, 6) is 0.0116. The topological polar surface area (TPSA) is 67.3 Å². The number of H-pyrrole nitrogens is 1. The van der Waals surface area contributed by atoms with E-state index < -0.39 is 0 Å². The Hall–Kier alpha value is -1.99. The third kappa shape index (κ3) is 6.01. The van der Waals surface area contributed by atoms with Crippen LogP contribution in [0.5, 0.6) is 0 Å². The van der Waals surface area contributed by atoms with Crippen LogP contribution in [0.2, 0.25) is 0 Å². The number of rotatable bonds is 12. The SMILES string of the molecule is CCCCCN(C(=O)c1ccc2c(=O)n(CCCOC)c(=S)[nH]c2c1)C(C)CCC. The van der Waals surface area contributed by atoms with Crippen molar-refractivity contribution in [3.05, 3.63) is 38.9 Å². The summed E-state index contributed by atoms with van der Waals surface area (Å²) in [6, 6.07) is 5.44. The summed E-state index contributed by atoms with van der Waals surface area (Å²) >= 11 is 5.40. The molecule has 0 saturated heterocycles. The van der Waals surface area contributed by atoms with Gasteiger partial charge in [-0.25, -0.2) is 0 Å². The van der Waals surface area contributed by atoms with Crippen molar-refractivity contribution < 1.29 is 9.53 Å². The molecule has 0 saturated carbocycles. The smallest absolute Gasteiger partial charge is 0.262 e. The fourth-order valence-corrected chi connectivity index (χ4v) is 4.04. The minimum Gasteiger partial charge on any atom is -0.385 e. The van der Waals surface area contributed by atoms with Gasteiger partial charge in [0.05, 0.1) is 10.9 Å². The first kappa shape index (κ1) is 24.3. The molecule has 1 aromatic carbocycles. The number of amides is 1. The van der Waals surface area contributed by atoms with Crippen LogP contribution in [0.3, 0.4) is 0 Å². The van der Waals surface area contributed by atoms with Crippen LogP contribution < -0.4 is 5.56 Å². The molecule has 166 valence electrons. The number of aromatic nitrogens is 2. The first-order chi connectivity index (χ1) is 14.4. The summed E-state index contributed by atoms with van der Waals surface area (Å²) in [6.07, 6.45) is 5.94. The summed E-state index contributed by atoms with van der Waals surface area (Å²) in [5.41, 5.74) is 1.06. The largest absolute Gasteiger partial charge is 0.385 e. The second-order valence-electron chi connectivity index (χ2n) is 7.84. The lowest BCUT2D eigenvalue weighted by Gasteiger charge is -2.29. The van der Waals surface area contributed by atoms with Gasteiger partial charge in [0.1, 0.15) is 0 Å². The van der Waals surface area contributed by atoms with Crippen molar-refractivity contribution in [2.24, 2.45) is 0 Å². The van der Waals surface area contributed by atoms with Crippen LogP contribution in [0, 0.1) is 4.77 Å². The van der Waals surface area contributed by atoms with E-state index in [2.05, 4.69) is 25.8 Å². The van der Waals surface area contributed by atoms with Gasteiger partial charge in [-0.05, 0) is 56.6 Å². The molecule has 0 aliphatic rings. The molecule has 2 rings (SSSR count). The van der Waals surface area contributed by atoms with E-state index in [4.69, 9.17) is 17.0 Å². The van der Waals surface area contributed by atoms with Crippen molar-refractivity contribution in [3.8, 4) is 0 Å². The number of nitrogens with one attached hydrogen (secondary N) is 1. The van der Waals surface area contributed by atoms with Gasteiger partial charge in [-0.1, -0.05) is 33.1 Å². The van der Waals surface area contributed by atoms with E-state index >= 15 is 0 Å². The minimum absolute atomic E-state index is 0.0116. The van der Waals surface area contributed by atoms with Crippen molar-refractivity contribution in [2.45, 2.75) is 71.9 Å². The second kappa shape index (κ2) is 12.0. The number of nitrogens with zero attached hydrogens (tertiary/aromatic N) is 2. The predicted molar refractivity (Wildman–Crippen MR) is 125 cm³/mol. The van der Waals surface area contributed by atoms with Crippen LogP contribution in [0.1, 0.15) is 69.7 Å². The third-order valence-corrected chi connectivity index (χ3v) is 5.78. The third-order valence-electron chi connectivity index (χ3n) is 5.46. The number of carbonyl (C=O) groups excluding carboxylic acids is 1. The molecule has 0 aliphatic heterocycles. The van der Waals surface area contributed by atoms with Crippen LogP contribution in [0.15, 0.2) is 23.0 Å². The van der Waals surface area contributed by atoms with Crippen LogP contribution in [0.25, 0.3) is 10.9 Å². The van der Waals surface area contributed by atoms with E-state index in [1.54, 1.807) is 29.9 Å². The number of ether oxygens (including phenoxy) is 1. The van der Waals surface area contributed by atoms with Crippen molar-refractivity contribution in [1.29, 1.82) is 0 Å². The Balaban J connectivity index is 2.36. The standard InChI is InChI=1S/C23H35N3O3S/c1-5-7-8-13-25(17(3)10-6-2)21(27)18-11-12-19-20(16-18)24-23(30)26(22(19)28)14-9-15-29-4/h11-12,16-17H,5-10,13-15H2,1-4H3,(H,24,30). The Labute approximate surface area is 184 Å². The fourth-order valence-electron chi connectivity index (χ4n) is 3.75. The van der Waals surface area contributed by atoms with Crippen molar-refractivity contribution >= 4 is 29.0 Å². The normalized spacial score (nSPS) is 12.3. The van der Waals surface area contributed by atoms with Crippen molar-refractivity contribution in [1.82, 2.24) is 14.5 Å². The van der Waals surface area contributed by atoms with E-state index in [0.29, 0.717) is 40.8 Å². The quantitative estimate of drug-likeness (QED) is 0.381. The molecular formula is C23H35N3O3S. The van der Waals surface area contributed by atoms with Crippen LogP contribution in [-0.2, 0) is 11.3 Å². The highest BCUT2D eigenvalue weighted by molar-refractivity contribution is 7.71. The van der Waals surface area contributed by atoms with Gasteiger partial charge in [-0.15, -0.1) is 0 Å². The lowest BCUT2D eigenvalue weighted by Crippen LogP contribution is -2.39. The van der Waals surface area contributed by atoms with Gasteiger partial charge < -0.3 is 14.6 Å². The van der Waals surface area contributed by atoms with E-state index in [1.165, 1.54) is 0 Å². The average Bonchev–Trinajstić information content (AvgIpc) is 2.73. The summed E-state index contributed by atoms with van der Waals surface area (Å²) in [5, 5.41) is 0.539. The Kier molecular flexibility index (Phi) is 9.72. The van der Waals surface area contributed by atoms with Gasteiger partial charge in [0.25, 0.3) is 11.5 Å². The Morgan fingerprint density at radius 2 is 2.00 bits per heavy atom. The highest BCUT2D eigenvalue weighted by Crippen LogP contribution is 2.17. The number of benzene rings is 1. The maximum absolute atomic E-state index is 13.3. The lowest BCUT2D eigenvalue weighted by atomic mass is 10.1. The Morgan fingerprint density at radius 3 is 2.67 bits per heavy atom. The number of methoxy groups -OCH3 is 1. The highest BCUT2D eigenvalue weighted by atomic mass is 32.1. The molecule has 0 aliphatic carbocycles. The molecule has 0 bridgehead atoms. The van der Waals surface area contributed by atoms with Gasteiger partial charge in [0, 0.05) is 38.4 Å². The zero-order valence-electron chi connectivity index (χ0n) is 18.7. The molecule has 1 aromatic heterocycles. The van der Waals surface area contributed by atoms with E-state index in [-0.39, 0.29) is 17.5 Å². The number of hydrogen-bond acceptors (Lipinski definition) is 4. The molecule has 1 heterocycles. The van der Waals surface area contributed by atoms with E-state index in [9.17, 15) is 9.59 Å². The number of unbranched alkanes of at least 4 members (excludes halogenated alkanes) is 2. The number of fused-ring (bicyclic) bond motifs is 1. The number of carbonyl (C=O) groups is 1. The molecule has 6 nitrogen and oxygen atoms in total. The first-order valence-electron chi connectivity index (χ1n) is 11.0. The zero-order chi connectivity index (χ0) is 22.1. The van der Waals surface area contributed by atoms with Gasteiger partial charge in [-0.3, -0.25) is 14.2 Å². The van der Waals surface area contributed by atoms with Gasteiger partial charge in [0.15, 0.2) is 4.77 Å². The number of aromatic amines is 1. The Bertz CT molecular complexity index is 951. The molecule has 1 N–H and O–H groups in total. The number of hydrogen-bond donors (Lipinski definition) is 1. The molecule has 7 heteroatoms.